The molecule has 0 aromatic carbocycles. The molecule has 0 radical (unpaired) electrons. The lowest BCUT2D eigenvalue weighted by atomic mass is 10.2. The summed E-state index contributed by atoms with van der Waals surface area (Å²) in [6.07, 6.45) is 1.93. The molecule has 0 saturated heterocycles. The molecule has 5 heteroatoms. The number of carbonyl (C=O) groups is 1. The minimum Gasteiger partial charge on any atom is -0.476 e. The van der Waals surface area contributed by atoms with E-state index in [0.717, 1.165) is 25.1 Å². The first kappa shape index (κ1) is 7.15. The molecule has 0 amide bonds. The molecule has 2 N–H and O–H groups in total. The number of carboxylic acids is 1. The number of nitrogens with one attached hydrogen (secondary N) is 1. The van der Waals surface area contributed by atoms with Gasteiger partial charge in [-0.2, -0.15) is 4.79 Å². The van der Waals surface area contributed by atoms with Gasteiger partial charge in [0.2, 0.25) is 0 Å². The van der Waals surface area contributed by atoms with Crippen molar-refractivity contribution >= 4 is 5.97 Å². The van der Waals surface area contributed by atoms with Gasteiger partial charge < -0.3 is 10.5 Å². The molecule has 0 unspecified atom stereocenters. The summed E-state index contributed by atoms with van der Waals surface area (Å²) in [6.45, 7) is 0.855. The van der Waals surface area contributed by atoms with Gasteiger partial charge in [0.25, 0.3) is 0 Å². The summed E-state index contributed by atoms with van der Waals surface area (Å²) in [5.41, 5.74) is 4.03. The second-order valence-electron chi connectivity index (χ2n) is 2.75. The van der Waals surface area contributed by atoms with Gasteiger partial charge in [-0.3, -0.25) is 0 Å². The Labute approximate surface area is 69.0 Å². The molecule has 0 saturated carbocycles. The molecule has 12 heavy (non-hydrogen) atoms. The van der Waals surface area contributed by atoms with E-state index < -0.39 is 5.97 Å². The lowest BCUT2D eigenvalue weighted by molar-refractivity contribution is 0.0689. The van der Waals surface area contributed by atoms with E-state index in [4.69, 9.17) is 5.11 Å². The van der Waals surface area contributed by atoms with Crippen molar-refractivity contribution in [1.29, 1.82) is 0 Å². The Morgan fingerprint density at radius 2 is 2.58 bits per heavy atom. The molecule has 2 rings (SSSR count). The molecule has 0 fully saturated rings. The van der Waals surface area contributed by atoms with Crippen LogP contribution >= 0.6 is 0 Å². The number of hydrogen-bond acceptors (Lipinski definition) is 3. The molecule has 1 aliphatic rings. The predicted octanol–water partition coefficient (Wildman–Crippen LogP) is 0.0710. The van der Waals surface area contributed by atoms with Gasteiger partial charge >= 0.3 is 5.97 Å². The van der Waals surface area contributed by atoms with E-state index in [-0.39, 0.29) is 5.69 Å². The summed E-state index contributed by atoms with van der Waals surface area (Å²) in [4.78, 5) is 12.1. The standard InChI is InChI=1S/C7H9N3O2/c11-7(12)6-4-5-2-1-3-8-10(5)9-6/h4,8H,1-3H2,(H,11,12). The molecular formula is C7H9N3O2. The number of carboxylic acid groups (broad SMARTS) is 1. The van der Waals surface area contributed by atoms with Gasteiger partial charge in [-0.05, 0) is 18.9 Å². The maximum Gasteiger partial charge on any atom is 0.356 e. The third-order valence-electron chi connectivity index (χ3n) is 1.87. The Kier molecular flexibility index (Phi) is 1.49. The predicted molar refractivity (Wildman–Crippen MR) is 41.7 cm³/mol. The van der Waals surface area contributed by atoms with Crippen molar-refractivity contribution in [3.63, 3.8) is 0 Å². The highest BCUT2D eigenvalue weighted by molar-refractivity contribution is 5.85. The van der Waals surface area contributed by atoms with Crippen LogP contribution in [0.4, 0.5) is 0 Å². The Bertz CT molecular complexity index is 295. The van der Waals surface area contributed by atoms with Crippen LogP contribution in [0.3, 0.4) is 0 Å². The molecule has 64 valence electrons. The van der Waals surface area contributed by atoms with Gasteiger partial charge in [0.05, 0.1) is 5.69 Å². The van der Waals surface area contributed by atoms with Crippen LogP contribution in [0.5, 0.6) is 0 Å². The minimum atomic E-state index is -0.973. The van der Waals surface area contributed by atoms with E-state index in [1.54, 1.807) is 10.9 Å². The fourth-order valence-electron chi connectivity index (χ4n) is 1.29. The van der Waals surface area contributed by atoms with Crippen molar-refractivity contribution in [2.75, 3.05) is 12.0 Å². The van der Waals surface area contributed by atoms with Gasteiger partial charge in [0.15, 0.2) is 5.69 Å². The average Bonchev–Trinajstić information content (AvgIpc) is 2.46. The fraction of sp³-hybridized carbons (Fsp3) is 0.429. The molecule has 1 aromatic rings. The molecule has 1 aromatic heterocycles. The third-order valence-corrected chi connectivity index (χ3v) is 1.87. The highest BCUT2D eigenvalue weighted by Crippen LogP contribution is 2.09. The first-order valence-corrected chi connectivity index (χ1v) is 3.83. The van der Waals surface area contributed by atoms with Crippen LogP contribution in [-0.4, -0.2) is 27.5 Å². The van der Waals surface area contributed by atoms with E-state index in [2.05, 4.69) is 10.5 Å². The summed E-state index contributed by atoms with van der Waals surface area (Å²) in [5.74, 6) is -0.973. The van der Waals surface area contributed by atoms with Crippen LogP contribution in [-0.2, 0) is 6.42 Å². The molecule has 1 aliphatic heterocycles. The van der Waals surface area contributed by atoms with Crippen molar-refractivity contribution in [2.24, 2.45) is 0 Å². The van der Waals surface area contributed by atoms with E-state index in [0.29, 0.717) is 0 Å². The zero-order chi connectivity index (χ0) is 8.55. The van der Waals surface area contributed by atoms with E-state index in [1.165, 1.54) is 0 Å². The van der Waals surface area contributed by atoms with Gasteiger partial charge in [-0.1, -0.05) is 0 Å². The number of aromatic carboxylic acids is 1. The summed E-state index contributed by atoms with van der Waals surface area (Å²) < 4.78 is 0. The van der Waals surface area contributed by atoms with Crippen LogP contribution in [0, 0.1) is 0 Å². The summed E-state index contributed by atoms with van der Waals surface area (Å²) in [7, 11) is 0. The maximum atomic E-state index is 10.5. The van der Waals surface area contributed by atoms with Crippen LogP contribution in [0.2, 0.25) is 0 Å². The Hall–Kier alpha value is -1.52. The molecule has 0 bridgehead atoms. The number of rotatable bonds is 1. The summed E-state index contributed by atoms with van der Waals surface area (Å²) in [5, 5.41) is 12.5. The number of aromatic nitrogens is 2. The third kappa shape index (κ3) is 1.03. The molecule has 0 atom stereocenters. The van der Waals surface area contributed by atoms with Gasteiger partial charge in [0, 0.05) is 6.54 Å². The van der Waals surface area contributed by atoms with Gasteiger partial charge in [-0.15, -0.1) is 5.10 Å². The van der Waals surface area contributed by atoms with Crippen molar-refractivity contribution in [3.05, 3.63) is 17.5 Å². The lowest BCUT2D eigenvalue weighted by Gasteiger charge is -2.14. The largest absolute Gasteiger partial charge is 0.476 e. The van der Waals surface area contributed by atoms with Crippen LogP contribution in [0.25, 0.3) is 0 Å². The lowest BCUT2D eigenvalue weighted by Crippen LogP contribution is -2.25. The second-order valence-corrected chi connectivity index (χ2v) is 2.75. The van der Waals surface area contributed by atoms with Crippen LogP contribution < -0.4 is 5.43 Å². The average molecular weight is 167 g/mol. The first-order valence-electron chi connectivity index (χ1n) is 3.83. The van der Waals surface area contributed by atoms with Crippen LogP contribution in [0.1, 0.15) is 22.6 Å². The number of hydrogen-bond donors (Lipinski definition) is 2. The maximum absolute atomic E-state index is 10.5. The molecule has 5 nitrogen and oxygen atoms in total. The van der Waals surface area contributed by atoms with E-state index in [1.807, 2.05) is 0 Å². The van der Waals surface area contributed by atoms with Gasteiger partial charge in [-0.25, -0.2) is 4.79 Å². The molecule has 0 aliphatic carbocycles. The quantitative estimate of drug-likeness (QED) is 0.621. The Morgan fingerprint density at radius 1 is 1.75 bits per heavy atom. The van der Waals surface area contributed by atoms with Crippen molar-refractivity contribution in [1.82, 2.24) is 9.89 Å². The number of fused-ring (bicyclic) bond motifs is 1. The smallest absolute Gasteiger partial charge is 0.356 e. The highest BCUT2D eigenvalue weighted by atomic mass is 16.4. The normalized spacial score (nSPS) is 15.0. The monoisotopic (exact) mass is 167 g/mol. The minimum absolute atomic E-state index is 0.111. The second kappa shape index (κ2) is 2.51. The van der Waals surface area contributed by atoms with Crippen molar-refractivity contribution < 1.29 is 9.90 Å². The fourth-order valence-corrected chi connectivity index (χ4v) is 1.29. The SMILES string of the molecule is O=C(O)c1cc2n(n1)NCCC2. The van der Waals surface area contributed by atoms with Crippen LogP contribution in [0.15, 0.2) is 6.07 Å². The zero-order valence-corrected chi connectivity index (χ0v) is 6.45. The molecule has 2 heterocycles. The van der Waals surface area contributed by atoms with E-state index in [9.17, 15) is 4.79 Å². The number of aryl methyl sites for hydroxylation is 1. The number of nitrogens with zero attached hydrogens (tertiary/aromatic N) is 2. The first-order chi connectivity index (χ1) is 5.77. The Balaban J connectivity index is 2.38. The van der Waals surface area contributed by atoms with Crippen molar-refractivity contribution in [2.45, 2.75) is 12.8 Å². The van der Waals surface area contributed by atoms with E-state index >= 15 is 0 Å². The van der Waals surface area contributed by atoms with Crippen molar-refractivity contribution in [3.8, 4) is 0 Å². The molecule has 0 spiro atoms. The van der Waals surface area contributed by atoms with Gasteiger partial charge in [0.1, 0.15) is 0 Å². The highest BCUT2D eigenvalue weighted by Gasteiger charge is 2.14. The Morgan fingerprint density at radius 3 is 3.25 bits per heavy atom. The molecular weight excluding hydrogens is 158 g/mol. The zero-order valence-electron chi connectivity index (χ0n) is 6.45. The summed E-state index contributed by atoms with van der Waals surface area (Å²) >= 11 is 0. The topological polar surface area (TPSA) is 67.1 Å². The summed E-state index contributed by atoms with van der Waals surface area (Å²) in [6, 6.07) is 1.61.